The van der Waals surface area contributed by atoms with Gasteiger partial charge < -0.3 is 4.74 Å². The third-order valence-corrected chi connectivity index (χ3v) is 4.65. The Morgan fingerprint density at radius 2 is 1.72 bits per heavy atom. The van der Waals surface area contributed by atoms with E-state index < -0.39 is 0 Å². The van der Waals surface area contributed by atoms with Crippen LogP contribution in [0, 0.1) is 13.8 Å². The fourth-order valence-corrected chi connectivity index (χ4v) is 2.75. The van der Waals surface area contributed by atoms with Crippen molar-refractivity contribution in [2.45, 2.75) is 26.9 Å². The number of halogens is 1. The highest BCUT2D eigenvalue weighted by Crippen LogP contribution is 2.23. The third kappa shape index (κ3) is 3.59. The van der Waals surface area contributed by atoms with Crippen molar-refractivity contribution >= 4 is 17.6 Å². The standard InChI is InChI=1S/C20H19ClN2O2/c1-13-19(21)14(2)23(22-13)18-11-9-17(10-12-18)20(24)25-15(3)16-7-5-4-6-8-16/h4-12,15H,1-3H3. The molecular weight excluding hydrogens is 336 g/mol. The van der Waals surface area contributed by atoms with E-state index in [1.807, 2.05) is 63.2 Å². The highest BCUT2D eigenvalue weighted by atomic mass is 35.5. The average molecular weight is 355 g/mol. The summed E-state index contributed by atoms with van der Waals surface area (Å²) in [5.74, 6) is -0.352. The number of hydrogen-bond donors (Lipinski definition) is 0. The Labute approximate surface area is 152 Å². The van der Waals surface area contributed by atoms with Gasteiger partial charge in [-0.15, -0.1) is 0 Å². The van der Waals surface area contributed by atoms with E-state index >= 15 is 0 Å². The number of carbonyl (C=O) groups is 1. The van der Waals surface area contributed by atoms with Gasteiger partial charge in [0.15, 0.2) is 0 Å². The fraction of sp³-hybridized carbons (Fsp3) is 0.200. The monoisotopic (exact) mass is 354 g/mol. The van der Waals surface area contributed by atoms with Gasteiger partial charge in [0.1, 0.15) is 6.10 Å². The van der Waals surface area contributed by atoms with Gasteiger partial charge in [-0.25, -0.2) is 9.48 Å². The molecule has 0 spiro atoms. The van der Waals surface area contributed by atoms with Crippen molar-refractivity contribution in [3.05, 3.63) is 82.1 Å². The first kappa shape index (κ1) is 17.2. The lowest BCUT2D eigenvalue weighted by atomic mass is 10.1. The van der Waals surface area contributed by atoms with Crippen molar-refractivity contribution in [3.63, 3.8) is 0 Å². The number of nitrogens with zero attached hydrogens (tertiary/aromatic N) is 2. The second-order valence-electron chi connectivity index (χ2n) is 5.90. The number of ether oxygens (including phenoxy) is 1. The number of aromatic nitrogens is 2. The Hall–Kier alpha value is -2.59. The molecule has 25 heavy (non-hydrogen) atoms. The van der Waals surface area contributed by atoms with Gasteiger partial charge in [-0.1, -0.05) is 41.9 Å². The summed E-state index contributed by atoms with van der Waals surface area (Å²) < 4.78 is 7.30. The molecule has 0 aliphatic heterocycles. The van der Waals surface area contributed by atoms with Gasteiger partial charge in [0, 0.05) is 0 Å². The van der Waals surface area contributed by atoms with Gasteiger partial charge in [0.2, 0.25) is 0 Å². The molecule has 0 N–H and O–H groups in total. The molecule has 3 rings (SSSR count). The molecule has 0 aliphatic rings. The molecule has 0 amide bonds. The quantitative estimate of drug-likeness (QED) is 0.615. The maximum Gasteiger partial charge on any atom is 0.338 e. The van der Waals surface area contributed by atoms with Crippen molar-refractivity contribution in [3.8, 4) is 5.69 Å². The summed E-state index contributed by atoms with van der Waals surface area (Å²) in [5, 5.41) is 5.06. The number of benzene rings is 2. The molecule has 128 valence electrons. The first-order chi connectivity index (χ1) is 12.0. The molecule has 1 aromatic heterocycles. The third-order valence-electron chi connectivity index (χ3n) is 4.10. The van der Waals surface area contributed by atoms with Crippen molar-refractivity contribution in [1.29, 1.82) is 0 Å². The van der Waals surface area contributed by atoms with Gasteiger partial charge in [-0.3, -0.25) is 0 Å². The minimum absolute atomic E-state index is 0.303. The molecule has 5 heteroatoms. The Bertz CT molecular complexity index is 886. The van der Waals surface area contributed by atoms with Crippen LogP contribution in [0.25, 0.3) is 5.69 Å². The number of aryl methyl sites for hydroxylation is 1. The lowest BCUT2D eigenvalue weighted by Gasteiger charge is -2.14. The minimum Gasteiger partial charge on any atom is -0.454 e. The van der Waals surface area contributed by atoms with Crippen LogP contribution in [-0.4, -0.2) is 15.7 Å². The smallest absolute Gasteiger partial charge is 0.338 e. The lowest BCUT2D eigenvalue weighted by molar-refractivity contribution is 0.0338. The lowest BCUT2D eigenvalue weighted by Crippen LogP contribution is -2.09. The zero-order chi connectivity index (χ0) is 18.0. The van der Waals surface area contributed by atoms with Crippen molar-refractivity contribution in [2.75, 3.05) is 0 Å². The summed E-state index contributed by atoms with van der Waals surface area (Å²) in [6.07, 6.45) is -0.303. The number of hydrogen-bond acceptors (Lipinski definition) is 3. The summed E-state index contributed by atoms with van der Waals surface area (Å²) in [6, 6.07) is 16.8. The summed E-state index contributed by atoms with van der Waals surface area (Å²) in [6.45, 7) is 5.63. The molecule has 0 aliphatic carbocycles. The van der Waals surface area contributed by atoms with E-state index in [0.29, 0.717) is 10.6 Å². The molecule has 0 saturated heterocycles. The van der Waals surface area contributed by atoms with E-state index in [9.17, 15) is 4.79 Å². The summed E-state index contributed by atoms with van der Waals surface area (Å²) in [7, 11) is 0. The molecule has 3 aromatic rings. The van der Waals surface area contributed by atoms with Crippen LogP contribution in [0.5, 0.6) is 0 Å². The van der Waals surface area contributed by atoms with Gasteiger partial charge in [-0.2, -0.15) is 5.10 Å². The molecule has 1 unspecified atom stereocenters. The van der Waals surface area contributed by atoms with E-state index in [2.05, 4.69) is 5.10 Å². The molecule has 1 heterocycles. The number of esters is 1. The largest absolute Gasteiger partial charge is 0.454 e. The summed E-state index contributed by atoms with van der Waals surface area (Å²) in [5.41, 5.74) is 3.95. The van der Waals surface area contributed by atoms with Crippen LogP contribution in [0.15, 0.2) is 54.6 Å². The zero-order valence-corrected chi connectivity index (χ0v) is 15.1. The topological polar surface area (TPSA) is 44.1 Å². The van der Waals surface area contributed by atoms with Gasteiger partial charge in [-0.05, 0) is 50.6 Å². The Kier molecular flexibility index (Phi) is 4.91. The second kappa shape index (κ2) is 7.11. The van der Waals surface area contributed by atoms with Gasteiger partial charge in [0.05, 0.1) is 27.7 Å². The SMILES string of the molecule is Cc1nn(-c2ccc(C(=O)OC(C)c3ccccc3)cc2)c(C)c1Cl. The van der Waals surface area contributed by atoms with Gasteiger partial charge >= 0.3 is 5.97 Å². The maximum atomic E-state index is 12.3. The highest BCUT2D eigenvalue weighted by molar-refractivity contribution is 6.31. The van der Waals surface area contributed by atoms with Crippen LogP contribution in [0.2, 0.25) is 5.02 Å². The van der Waals surface area contributed by atoms with Crippen LogP contribution in [0.1, 0.15) is 40.3 Å². The van der Waals surface area contributed by atoms with E-state index in [0.717, 1.165) is 22.6 Å². The van der Waals surface area contributed by atoms with E-state index in [1.54, 1.807) is 16.8 Å². The fourth-order valence-electron chi connectivity index (χ4n) is 2.63. The normalized spacial score (nSPS) is 12.0. The predicted molar refractivity (Wildman–Crippen MR) is 98.3 cm³/mol. The molecule has 2 aromatic carbocycles. The van der Waals surface area contributed by atoms with E-state index in [1.165, 1.54) is 0 Å². The zero-order valence-electron chi connectivity index (χ0n) is 14.4. The Morgan fingerprint density at radius 1 is 1.08 bits per heavy atom. The van der Waals surface area contributed by atoms with Crippen molar-refractivity contribution in [1.82, 2.24) is 9.78 Å². The van der Waals surface area contributed by atoms with Crippen molar-refractivity contribution < 1.29 is 9.53 Å². The first-order valence-electron chi connectivity index (χ1n) is 8.05. The van der Waals surface area contributed by atoms with Crippen LogP contribution < -0.4 is 0 Å². The Balaban J connectivity index is 1.76. The summed E-state index contributed by atoms with van der Waals surface area (Å²) in [4.78, 5) is 12.3. The highest BCUT2D eigenvalue weighted by Gasteiger charge is 2.15. The van der Waals surface area contributed by atoms with E-state index in [4.69, 9.17) is 16.3 Å². The molecule has 0 bridgehead atoms. The summed E-state index contributed by atoms with van der Waals surface area (Å²) >= 11 is 6.19. The van der Waals surface area contributed by atoms with Gasteiger partial charge in [0.25, 0.3) is 0 Å². The van der Waals surface area contributed by atoms with Crippen molar-refractivity contribution in [2.24, 2.45) is 0 Å². The second-order valence-corrected chi connectivity index (χ2v) is 6.28. The molecule has 4 nitrogen and oxygen atoms in total. The first-order valence-corrected chi connectivity index (χ1v) is 8.43. The minimum atomic E-state index is -0.352. The maximum absolute atomic E-state index is 12.3. The molecule has 0 radical (unpaired) electrons. The van der Waals surface area contributed by atoms with Crippen LogP contribution in [0.3, 0.4) is 0 Å². The molecule has 0 fully saturated rings. The van der Waals surface area contributed by atoms with E-state index in [-0.39, 0.29) is 12.1 Å². The van der Waals surface area contributed by atoms with Crippen LogP contribution >= 0.6 is 11.6 Å². The molecular formula is C20H19ClN2O2. The number of carbonyl (C=O) groups excluding carboxylic acids is 1. The van der Waals surface area contributed by atoms with Crippen LogP contribution in [-0.2, 0) is 4.74 Å². The predicted octanol–water partition coefficient (Wildman–Crippen LogP) is 5.06. The van der Waals surface area contributed by atoms with Crippen LogP contribution in [0.4, 0.5) is 0 Å². The number of rotatable bonds is 4. The molecule has 1 atom stereocenters. The molecule has 0 saturated carbocycles. The Morgan fingerprint density at radius 3 is 2.28 bits per heavy atom. The average Bonchev–Trinajstić information content (AvgIpc) is 2.90.